The third-order valence-electron chi connectivity index (χ3n) is 3.61. The SMILES string of the molecule is COc1cccc(Oc2cncc(C3CCCNC3)n2)c1. The van der Waals surface area contributed by atoms with Crippen molar-refractivity contribution in [2.24, 2.45) is 0 Å². The summed E-state index contributed by atoms with van der Waals surface area (Å²) < 4.78 is 11.0. The molecule has 1 atom stereocenters. The molecule has 1 fully saturated rings. The van der Waals surface area contributed by atoms with Crippen molar-refractivity contribution in [3.8, 4) is 17.4 Å². The van der Waals surface area contributed by atoms with Crippen LogP contribution >= 0.6 is 0 Å². The smallest absolute Gasteiger partial charge is 0.238 e. The molecule has 1 aromatic carbocycles. The van der Waals surface area contributed by atoms with Crippen molar-refractivity contribution in [2.45, 2.75) is 18.8 Å². The molecule has 0 spiro atoms. The fraction of sp³-hybridized carbons (Fsp3) is 0.375. The molecule has 1 aromatic heterocycles. The minimum Gasteiger partial charge on any atom is -0.497 e. The molecule has 1 aliphatic rings. The molecule has 1 saturated heterocycles. The molecule has 21 heavy (non-hydrogen) atoms. The van der Waals surface area contributed by atoms with Gasteiger partial charge in [-0.25, -0.2) is 4.98 Å². The molecule has 0 radical (unpaired) electrons. The van der Waals surface area contributed by atoms with E-state index in [4.69, 9.17) is 9.47 Å². The fourth-order valence-electron chi connectivity index (χ4n) is 2.50. The van der Waals surface area contributed by atoms with Crippen LogP contribution in [-0.2, 0) is 0 Å². The summed E-state index contributed by atoms with van der Waals surface area (Å²) in [5, 5.41) is 3.39. The first-order chi connectivity index (χ1) is 10.3. The van der Waals surface area contributed by atoms with Gasteiger partial charge >= 0.3 is 0 Å². The summed E-state index contributed by atoms with van der Waals surface area (Å²) in [5.41, 5.74) is 0.989. The van der Waals surface area contributed by atoms with E-state index in [-0.39, 0.29) is 0 Å². The zero-order valence-electron chi connectivity index (χ0n) is 12.1. The first-order valence-electron chi connectivity index (χ1n) is 7.20. The summed E-state index contributed by atoms with van der Waals surface area (Å²) in [5.74, 6) is 2.39. The first kappa shape index (κ1) is 13.8. The van der Waals surface area contributed by atoms with E-state index in [9.17, 15) is 0 Å². The van der Waals surface area contributed by atoms with Crippen LogP contribution in [0.3, 0.4) is 0 Å². The summed E-state index contributed by atoms with van der Waals surface area (Å²) >= 11 is 0. The second-order valence-corrected chi connectivity index (χ2v) is 5.11. The minimum atomic E-state index is 0.417. The van der Waals surface area contributed by atoms with Gasteiger partial charge in [-0.05, 0) is 31.5 Å². The number of benzene rings is 1. The highest BCUT2D eigenvalue weighted by molar-refractivity contribution is 5.35. The second-order valence-electron chi connectivity index (χ2n) is 5.11. The van der Waals surface area contributed by atoms with Crippen molar-refractivity contribution in [1.29, 1.82) is 0 Å². The summed E-state index contributed by atoms with van der Waals surface area (Å²) in [4.78, 5) is 8.83. The lowest BCUT2D eigenvalue weighted by Crippen LogP contribution is -2.28. The van der Waals surface area contributed by atoms with E-state index in [2.05, 4.69) is 15.3 Å². The molecule has 2 heterocycles. The Morgan fingerprint density at radius 2 is 2.14 bits per heavy atom. The Balaban J connectivity index is 1.76. The third-order valence-corrected chi connectivity index (χ3v) is 3.61. The predicted octanol–water partition coefficient (Wildman–Crippen LogP) is 2.74. The largest absolute Gasteiger partial charge is 0.497 e. The number of nitrogens with zero attached hydrogens (tertiary/aromatic N) is 2. The number of ether oxygens (including phenoxy) is 2. The Morgan fingerprint density at radius 1 is 1.24 bits per heavy atom. The normalized spacial score (nSPS) is 18.2. The molecule has 2 aromatic rings. The van der Waals surface area contributed by atoms with Crippen LogP contribution in [0.5, 0.6) is 17.4 Å². The molecule has 0 amide bonds. The average Bonchev–Trinajstić information content (AvgIpc) is 2.56. The summed E-state index contributed by atoms with van der Waals surface area (Å²) in [6.45, 7) is 2.04. The average molecular weight is 285 g/mol. The molecule has 1 aliphatic heterocycles. The lowest BCUT2D eigenvalue weighted by molar-refractivity contribution is 0.405. The molecule has 0 bridgehead atoms. The van der Waals surface area contributed by atoms with Gasteiger partial charge in [0.1, 0.15) is 11.5 Å². The molecule has 5 heteroatoms. The Morgan fingerprint density at radius 3 is 2.95 bits per heavy atom. The monoisotopic (exact) mass is 285 g/mol. The molecular formula is C16H19N3O2. The highest BCUT2D eigenvalue weighted by atomic mass is 16.5. The highest BCUT2D eigenvalue weighted by Crippen LogP contribution is 2.26. The van der Waals surface area contributed by atoms with Gasteiger partial charge < -0.3 is 14.8 Å². The van der Waals surface area contributed by atoms with E-state index in [0.29, 0.717) is 17.5 Å². The van der Waals surface area contributed by atoms with Gasteiger partial charge in [0.25, 0.3) is 0 Å². The van der Waals surface area contributed by atoms with E-state index in [0.717, 1.165) is 31.0 Å². The van der Waals surface area contributed by atoms with Crippen LogP contribution in [0.1, 0.15) is 24.5 Å². The van der Waals surface area contributed by atoms with E-state index in [1.807, 2.05) is 30.5 Å². The lowest BCUT2D eigenvalue weighted by atomic mass is 9.97. The standard InChI is InChI=1S/C16H19N3O2/c1-20-13-5-2-6-14(8-13)21-16-11-18-10-15(19-16)12-4-3-7-17-9-12/h2,5-6,8,10-12,17H,3-4,7,9H2,1H3. The van der Waals surface area contributed by atoms with Crippen molar-refractivity contribution >= 4 is 0 Å². The van der Waals surface area contributed by atoms with Gasteiger partial charge in [0.05, 0.1) is 19.0 Å². The maximum absolute atomic E-state index is 5.78. The maximum Gasteiger partial charge on any atom is 0.238 e. The zero-order chi connectivity index (χ0) is 14.5. The van der Waals surface area contributed by atoms with Gasteiger partial charge in [-0.2, -0.15) is 0 Å². The Hall–Kier alpha value is -2.14. The predicted molar refractivity (Wildman–Crippen MR) is 79.9 cm³/mol. The van der Waals surface area contributed by atoms with E-state index >= 15 is 0 Å². The van der Waals surface area contributed by atoms with Gasteiger partial charge in [-0.1, -0.05) is 6.07 Å². The molecule has 1 unspecified atom stereocenters. The van der Waals surface area contributed by atoms with Gasteiger partial charge in [-0.3, -0.25) is 4.98 Å². The summed E-state index contributed by atoms with van der Waals surface area (Å²) in [6.07, 6.45) is 5.78. The lowest BCUT2D eigenvalue weighted by Gasteiger charge is -2.22. The number of aromatic nitrogens is 2. The Kier molecular flexibility index (Phi) is 4.31. The van der Waals surface area contributed by atoms with Crippen LogP contribution in [0, 0.1) is 0 Å². The molecule has 110 valence electrons. The van der Waals surface area contributed by atoms with Gasteiger partial charge in [0.2, 0.25) is 5.88 Å². The van der Waals surface area contributed by atoms with Crippen molar-refractivity contribution in [3.05, 3.63) is 42.4 Å². The number of rotatable bonds is 4. The van der Waals surface area contributed by atoms with Gasteiger partial charge in [0.15, 0.2) is 0 Å². The van der Waals surface area contributed by atoms with E-state index < -0.39 is 0 Å². The quantitative estimate of drug-likeness (QED) is 0.936. The van der Waals surface area contributed by atoms with Gasteiger partial charge in [0, 0.05) is 24.7 Å². The molecule has 0 aliphatic carbocycles. The molecule has 5 nitrogen and oxygen atoms in total. The van der Waals surface area contributed by atoms with Crippen LogP contribution in [0.2, 0.25) is 0 Å². The van der Waals surface area contributed by atoms with E-state index in [1.54, 1.807) is 13.3 Å². The number of nitrogens with one attached hydrogen (secondary N) is 1. The molecular weight excluding hydrogens is 266 g/mol. The van der Waals surface area contributed by atoms with Crippen LogP contribution in [0.4, 0.5) is 0 Å². The van der Waals surface area contributed by atoms with Crippen molar-refractivity contribution < 1.29 is 9.47 Å². The highest BCUT2D eigenvalue weighted by Gasteiger charge is 2.17. The fourth-order valence-corrected chi connectivity index (χ4v) is 2.50. The molecule has 3 rings (SSSR count). The van der Waals surface area contributed by atoms with E-state index in [1.165, 1.54) is 6.42 Å². The summed E-state index contributed by atoms with van der Waals surface area (Å²) in [6, 6.07) is 7.47. The number of hydrogen-bond donors (Lipinski definition) is 1. The number of hydrogen-bond acceptors (Lipinski definition) is 5. The Labute approximate surface area is 124 Å². The molecule has 1 N–H and O–H groups in total. The van der Waals surface area contributed by atoms with Gasteiger partial charge in [-0.15, -0.1) is 0 Å². The topological polar surface area (TPSA) is 56.3 Å². The van der Waals surface area contributed by atoms with Crippen LogP contribution in [-0.4, -0.2) is 30.2 Å². The van der Waals surface area contributed by atoms with Crippen molar-refractivity contribution in [2.75, 3.05) is 20.2 Å². The first-order valence-corrected chi connectivity index (χ1v) is 7.20. The van der Waals surface area contributed by atoms with Crippen molar-refractivity contribution in [3.63, 3.8) is 0 Å². The van der Waals surface area contributed by atoms with Crippen molar-refractivity contribution in [1.82, 2.24) is 15.3 Å². The zero-order valence-corrected chi connectivity index (χ0v) is 12.1. The minimum absolute atomic E-state index is 0.417. The number of methoxy groups -OCH3 is 1. The third kappa shape index (κ3) is 3.49. The number of piperidine rings is 1. The van der Waals surface area contributed by atoms with Crippen LogP contribution < -0.4 is 14.8 Å². The summed E-state index contributed by atoms with van der Waals surface area (Å²) in [7, 11) is 1.63. The maximum atomic E-state index is 5.78. The molecule has 0 saturated carbocycles. The second kappa shape index (κ2) is 6.54. The van der Waals surface area contributed by atoms with Crippen LogP contribution in [0.25, 0.3) is 0 Å². The Bertz CT molecular complexity index is 598. The van der Waals surface area contributed by atoms with Crippen LogP contribution in [0.15, 0.2) is 36.7 Å².